The molecule has 9 nitrogen and oxygen atoms in total. The van der Waals surface area contributed by atoms with Gasteiger partial charge >= 0.3 is 5.97 Å². The number of hydrogen-bond donors (Lipinski definition) is 2. The van der Waals surface area contributed by atoms with Crippen molar-refractivity contribution in [3.63, 3.8) is 0 Å². The number of nitrogens with one attached hydrogen (secondary N) is 1. The van der Waals surface area contributed by atoms with Crippen LogP contribution in [0, 0.1) is 10.1 Å². The number of hydrogen-bond acceptors (Lipinski definition) is 7. The first-order valence-electron chi connectivity index (χ1n) is 7.44. The number of ether oxygens (including phenoxy) is 1. The molecule has 0 spiro atoms. The molecule has 2 N–H and O–H groups in total. The molecule has 2 aromatic rings. The molecule has 11 heteroatoms. The van der Waals surface area contributed by atoms with Gasteiger partial charge in [0.05, 0.1) is 14.8 Å². The highest BCUT2D eigenvalue weighted by Gasteiger charge is 2.20. The molecule has 0 bridgehead atoms. The van der Waals surface area contributed by atoms with Crippen LogP contribution < -0.4 is 10.1 Å². The minimum absolute atomic E-state index is 0.0150. The highest BCUT2D eigenvalue weighted by atomic mass is 35.5. The molecule has 144 valence electrons. The van der Waals surface area contributed by atoms with Gasteiger partial charge in [0.2, 0.25) is 0 Å². The maximum absolute atomic E-state index is 11.5. The van der Waals surface area contributed by atoms with Crippen molar-refractivity contribution in [1.29, 1.82) is 0 Å². The zero-order valence-electron chi connectivity index (χ0n) is 14.2. The SMILES string of the molecule is CC(Nc1cc(Oc2ccc(S(C)(=O)=O)cc2Cl)ccc1[N+](=O)[O-])C(=O)O. The van der Waals surface area contributed by atoms with Crippen molar-refractivity contribution in [2.24, 2.45) is 0 Å². The van der Waals surface area contributed by atoms with Crippen LogP contribution in [0.15, 0.2) is 41.3 Å². The maximum atomic E-state index is 11.5. The molecule has 0 radical (unpaired) electrons. The Labute approximate surface area is 159 Å². The van der Waals surface area contributed by atoms with Crippen molar-refractivity contribution in [1.82, 2.24) is 0 Å². The minimum Gasteiger partial charge on any atom is -0.480 e. The Balaban J connectivity index is 2.37. The van der Waals surface area contributed by atoms with E-state index in [2.05, 4.69) is 5.32 Å². The number of nitro groups is 1. The molecule has 0 aromatic heterocycles. The summed E-state index contributed by atoms with van der Waals surface area (Å²) in [6.45, 7) is 1.33. The number of anilines is 1. The smallest absolute Gasteiger partial charge is 0.325 e. The summed E-state index contributed by atoms with van der Waals surface area (Å²) in [6, 6.07) is 6.56. The normalized spacial score (nSPS) is 12.3. The van der Waals surface area contributed by atoms with Gasteiger partial charge in [-0.2, -0.15) is 0 Å². The van der Waals surface area contributed by atoms with Crippen molar-refractivity contribution in [2.75, 3.05) is 11.6 Å². The summed E-state index contributed by atoms with van der Waals surface area (Å²) in [4.78, 5) is 21.5. The molecule has 0 aliphatic rings. The molecule has 1 unspecified atom stereocenters. The van der Waals surface area contributed by atoms with Gasteiger partial charge < -0.3 is 15.2 Å². The number of carboxylic acid groups (broad SMARTS) is 1. The molecule has 0 saturated heterocycles. The summed E-state index contributed by atoms with van der Waals surface area (Å²) in [5.74, 6) is -0.903. The van der Waals surface area contributed by atoms with Gasteiger partial charge in [0.15, 0.2) is 9.84 Å². The standard InChI is InChI=1S/C16H15ClN2O7S/c1-9(16(20)21)18-13-7-10(3-5-14(13)19(22)23)26-15-6-4-11(8-12(15)17)27(2,24)25/h3-9,18H,1-2H3,(H,20,21). The molecule has 0 saturated carbocycles. The van der Waals surface area contributed by atoms with Crippen LogP contribution >= 0.6 is 11.6 Å². The number of carboxylic acids is 1. The lowest BCUT2D eigenvalue weighted by molar-refractivity contribution is -0.384. The second kappa shape index (κ2) is 7.80. The molecular formula is C16H15ClN2O7S. The first-order valence-corrected chi connectivity index (χ1v) is 9.71. The number of benzene rings is 2. The van der Waals surface area contributed by atoms with Crippen molar-refractivity contribution < 1.29 is 28.0 Å². The highest BCUT2D eigenvalue weighted by molar-refractivity contribution is 7.90. The zero-order chi connectivity index (χ0) is 20.4. The maximum Gasteiger partial charge on any atom is 0.325 e. The van der Waals surface area contributed by atoms with E-state index < -0.39 is 26.8 Å². The lowest BCUT2D eigenvalue weighted by Crippen LogP contribution is -2.25. The monoisotopic (exact) mass is 414 g/mol. The average Bonchev–Trinajstić information content (AvgIpc) is 2.55. The molecule has 2 aromatic carbocycles. The molecule has 0 aliphatic carbocycles. The number of sulfone groups is 1. The molecule has 0 fully saturated rings. The van der Waals surface area contributed by atoms with Crippen molar-refractivity contribution >= 4 is 38.8 Å². The van der Waals surface area contributed by atoms with E-state index in [1.54, 1.807) is 0 Å². The lowest BCUT2D eigenvalue weighted by atomic mass is 10.2. The number of rotatable bonds is 7. The van der Waals surface area contributed by atoms with E-state index in [1.165, 1.54) is 37.3 Å². The van der Waals surface area contributed by atoms with Crippen LogP contribution in [0.3, 0.4) is 0 Å². The van der Waals surface area contributed by atoms with Gasteiger partial charge in [0.1, 0.15) is 23.2 Å². The lowest BCUT2D eigenvalue weighted by Gasteiger charge is -2.13. The largest absolute Gasteiger partial charge is 0.480 e. The van der Waals surface area contributed by atoms with E-state index in [9.17, 15) is 23.3 Å². The summed E-state index contributed by atoms with van der Waals surface area (Å²) in [5.41, 5.74) is -0.370. The average molecular weight is 415 g/mol. The van der Waals surface area contributed by atoms with Crippen LogP contribution in [0.4, 0.5) is 11.4 Å². The second-order valence-electron chi connectivity index (χ2n) is 5.61. The summed E-state index contributed by atoms with van der Waals surface area (Å²) in [7, 11) is -3.44. The van der Waals surface area contributed by atoms with Gasteiger partial charge in [0, 0.05) is 18.4 Å². The van der Waals surface area contributed by atoms with Crippen LogP contribution in [0.5, 0.6) is 11.5 Å². The molecule has 0 aliphatic heterocycles. The van der Waals surface area contributed by atoms with Crippen LogP contribution in [0.25, 0.3) is 0 Å². The van der Waals surface area contributed by atoms with E-state index in [4.69, 9.17) is 21.4 Å². The van der Waals surface area contributed by atoms with Crippen molar-refractivity contribution in [2.45, 2.75) is 17.9 Å². The van der Waals surface area contributed by atoms with E-state index in [0.29, 0.717) is 0 Å². The van der Waals surface area contributed by atoms with Crippen LogP contribution in [-0.4, -0.2) is 36.7 Å². The van der Waals surface area contributed by atoms with Gasteiger partial charge in [-0.25, -0.2) is 8.42 Å². The number of nitro benzene ring substituents is 1. The summed E-state index contributed by atoms with van der Waals surface area (Å²) in [5, 5.41) is 22.7. The number of halogens is 1. The zero-order valence-corrected chi connectivity index (χ0v) is 15.7. The Bertz CT molecular complexity index is 1010. The molecule has 0 heterocycles. The molecule has 1 atom stereocenters. The number of nitrogens with zero attached hydrogens (tertiary/aromatic N) is 1. The van der Waals surface area contributed by atoms with Gasteiger partial charge in [-0.15, -0.1) is 0 Å². The third kappa shape index (κ3) is 5.08. The predicted molar refractivity (Wildman–Crippen MR) is 98.5 cm³/mol. The summed E-state index contributed by atoms with van der Waals surface area (Å²) < 4.78 is 28.6. The van der Waals surface area contributed by atoms with E-state index >= 15 is 0 Å². The third-order valence-electron chi connectivity index (χ3n) is 3.47. The molecule has 0 amide bonds. The summed E-state index contributed by atoms with van der Waals surface area (Å²) >= 11 is 6.04. The Morgan fingerprint density at radius 3 is 2.48 bits per heavy atom. The van der Waals surface area contributed by atoms with Crippen LogP contribution in [0.1, 0.15) is 6.92 Å². The van der Waals surface area contributed by atoms with Crippen LogP contribution in [0.2, 0.25) is 5.02 Å². The topological polar surface area (TPSA) is 136 Å². The second-order valence-corrected chi connectivity index (χ2v) is 8.03. The van der Waals surface area contributed by atoms with E-state index in [-0.39, 0.29) is 32.8 Å². The molecular weight excluding hydrogens is 400 g/mol. The Morgan fingerprint density at radius 2 is 1.96 bits per heavy atom. The first kappa shape index (κ1) is 20.5. The number of aliphatic carboxylic acids is 1. The number of carbonyl (C=O) groups is 1. The predicted octanol–water partition coefficient (Wildman–Crippen LogP) is 3.33. The fourth-order valence-electron chi connectivity index (χ4n) is 2.07. The molecule has 27 heavy (non-hydrogen) atoms. The van der Waals surface area contributed by atoms with E-state index in [1.807, 2.05) is 0 Å². The Kier molecular flexibility index (Phi) is 5.91. The van der Waals surface area contributed by atoms with Crippen LogP contribution in [-0.2, 0) is 14.6 Å². The van der Waals surface area contributed by atoms with Crippen molar-refractivity contribution in [3.8, 4) is 11.5 Å². The minimum atomic E-state index is -3.44. The van der Waals surface area contributed by atoms with Gasteiger partial charge in [-0.05, 0) is 31.2 Å². The van der Waals surface area contributed by atoms with Gasteiger partial charge in [0.25, 0.3) is 5.69 Å². The Morgan fingerprint density at radius 1 is 1.30 bits per heavy atom. The van der Waals surface area contributed by atoms with Gasteiger partial charge in [-0.3, -0.25) is 14.9 Å². The first-order chi connectivity index (χ1) is 12.5. The molecule has 2 rings (SSSR count). The van der Waals surface area contributed by atoms with Crippen molar-refractivity contribution in [3.05, 3.63) is 51.5 Å². The fourth-order valence-corrected chi connectivity index (χ4v) is 3.00. The quantitative estimate of drug-likeness (QED) is 0.520. The third-order valence-corrected chi connectivity index (χ3v) is 4.87. The van der Waals surface area contributed by atoms with Gasteiger partial charge in [-0.1, -0.05) is 11.6 Å². The fraction of sp³-hybridized carbons (Fsp3) is 0.188. The summed E-state index contributed by atoms with van der Waals surface area (Å²) in [6.07, 6.45) is 1.04. The van der Waals surface area contributed by atoms with E-state index in [0.717, 1.165) is 12.3 Å². The Hall–Kier alpha value is -2.85. The highest BCUT2D eigenvalue weighted by Crippen LogP contribution is 2.35.